The van der Waals surface area contributed by atoms with Crippen LogP contribution in [0.3, 0.4) is 0 Å². The average molecular weight is 182 g/mol. The summed E-state index contributed by atoms with van der Waals surface area (Å²) in [6.45, 7) is 5.91. The molecule has 0 bridgehead atoms. The van der Waals surface area contributed by atoms with Gasteiger partial charge >= 0.3 is 0 Å². The second kappa shape index (κ2) is 3.92. The molecule has 0 aliphatic rings. The molecule has 3 nitrogen and oxygen atoms in total. The second-order valence-corrected chi connectivity index (χ2v) is 3.66. The van der Waals surface area contributed by atoms with Crippen molar-refractivity contribution in [2.45, 2.75) is 39.7 Å². The van der Waals surface area contributed by atoms with Crippen molar-refractivity contribution in [3.63, 3.8) is 0 Å². The average Bonchev–Trinajstić information content (AvgIpc) is 2.24. The molecule has 1 heterocycles. The Balaban J connectivity index is 2.76. The van der Waals surface area contributed by atoms with Crippen LogP contribution in [0, 0.1) is 13.8 Å². The van der Waals surface area contributed by atoms with Gasteiger partial charge in [0.1, 0.15) is 0 Å². The molecule has 0 aliphatic heterocycles. The lowest BCUT2D eigenvalue weighted by atomic mass is 10.1. The highest BCUT2D eigenvalue weighted by Crippen LogP contribution is 2.14. The van der Waals surface area contributed by atoms with Crippen LogP contribution in [-0.2, 0) is 13.5 Å². The van der Waals surface area contributed by atoms with Gasteiger partial charge in [-0.2, -0.15) is 5.10 Å². The van der Waals surface area contributed by atoms with Crippen LogP contribution in [0.15, 0.2) is 0 Å². The molecule has 0 radical (unpaired) electrons. The van der Waals surface area contributed by atoms with Crippen LogP contribution in [0.5, 0.6) is 0 Å². The van der Waals surface area contributed by atoms with E-state index >= 15 is 0 Å². The van der Waals surface area contributed by atoms with Crippen molar-refractivity contribution in [1.29, 1.82) is 0 Å². The smallest absolute Gasteiger partial charge is 0.0628 e. The van der Waals surface area contributed by atoms with Crippen LogP contribution >= 0.6 is 0 Å². The standard InChI is InChI=1S/C10H18N2O/c1-7(13)5-6-10-8(2)11-12(4)9(10)3/h7,13H,5-6H2,1-4H3. The van der Waals surface area contributed by atoms with Gasteiger partial charge in [-0.05, 0) is 39.2 Å². The van der Waals surface area contributed by atoms with Crippen molar-refractivity contribution in [2.75, 3.05) is 0 Å². The molecule has 1 unspecified atom stereocenters. The molecule has 3 heteroatoms. The maximum Gasteiger partial charge on any atom is 0.0628 e. The number of aliphatic hydroxyl groups is 1. The van der Waals surface area contributed by atoms with Crippen molar-refractivity contribution in [3.05, 3.63) is 17.0 Å². The zero-order chi connectivity index (χ0) is 10.0. The molecule has 0 aliphatic carbocycles. The van der Waals surface area contributed by atoms with Crippen LogP contribution in [0.25, 0.3) is 0 Å². The van der Waals surface area contributed by atoms with Gasteiger partial charge in [-0.25, -0.2) is 0 Å². The van der Waals surface area contributed by atoms with E-state index < -0.39 is 0 Å². The van der Waals surface area contributed by atoms with Gasteiger partial charge in [0.25, 0.3) is 0 Å². The summed E-state index contributed by atoms with van der Waals surface area (Å²) in [5, 5.41) is 13.5. The fourth-order valence-electron chi connectivity index (χ4n) is 1.53. The Morgan fingerprint density at radius 1 is 1.46 bits per heavy atom. The summed E-state index contributed by atoms with van der Waals surface area (Å²) >= 11 is 0. The van der Waals surface area contributed by atoms with Gasteiger partial charge in [0, 0.05) is 12.7 Å². The van der Waals surface area contributed by atoms with E-state index in [-0.39, 0.29) is 6.10 Å². The molecule has 1 rings (SSSR count). The summed E-state index contributed by atoms with van der Waals surface area (Å²) in [4.78, 5) is 0. The van der Waals surface area contributed by atoms with E-state index in [4.69, 9.17) is 0 Å². The zero-order valence-electron chi connectivity index (χ0n) is 8.83. The van der Waals surface area contributed by atoms with E-state index in [1.165, 1.54) is 11.3 Å². The highest BCUT2D eigenvalue weighted by molar-refractivity contribution is 5.24. The van der Waals surface area contributed by atoms with Crippen LogP contribution in [0.4, 0.5) is 0 Å². The van der Waals surface area contributed by atoms with Crippen LogP contribution in [-0.4, -0.2) is 21.0 Å². The molecule has 0 amide bonds. The lowest BCUT2D eigenvalue weighted by Crippen LogP contribution is -2.02. The van der Waals surface area contributed by atoms with Gasteiger partial charge < -0.3 is 5.11 Å². The number of aliphatic hydroxyl groups excluding tert-OH is 1. The Morgan fingerprint density at radius 3 is 2.46 bits per heavy atom. The largest absolute Gasteiger partial charge is 0.393 e. The highest BCUT2D eigenvalue weighted by atomic mass is 16.3. The predicted octanol–water partition coefficient (Wildman–Crippen LogP) is 1.35. The fourth-order valence-corrected chi connectivity index (χ4v) is 1.53. The van der Waals surface area contributed by atoms with Gasteiger partial charge in [-0.1, -0.05) is 0 Å². The molecule has 1 aromatic heterocycles. The Hall–Kier alpha value is -0.830. The van der Waals surface area contributed by atoms with E-state index in [2.05, 4.69) is 12.0 Å². The predicted molar refractivity (Wildman–Crippen MR) is 52.7 cm³/mol. The van der Waals surface area contributed by atoms with Crippen LogP contribution in [0.1, 0.15) is 30.3 Å². The molecule has 0 fully saturated rings. The quantitative estimate of drug-likeness (QED) is 0.766. The Labute approximate surface area is 79.4 Å². The van der Waals surface area contributed by atoms with Gasteiger partial charge in [-0.15, -0.1) is 0 Å². The van der Waals surface area contributed by atoms with Crippen LogP contribution < -0.4 is 0 Å². The lowest BCUT2D eigenvalue weighted by Gasteiger charge is -2.04. The van der Waals surface area contributed by atoms with Crippen LogP contribution in [0.2, 0.25) is 0 Å². The first-order valence-electron chi connectivity index (χ1n) is 4.69. The molecule has 13 heavy (non-hydrogen) atoms. The van der Waals surface area contributed by atoms with Gasteiger partial charge in [0.2, 0.25) is 0 Å². The normalized spacial score (nSPS) is 13.3. The number of nitrogens with zero attached hydrogens (tertiary/aromatic N) is 2. The summed E-state index contributed by atoms with van der Waals surface area (Å²) in [6, 6.07) is 0. The molecule has 1 aromatic rings. The SMILES string of the molecule is Cc1nn(C)c(C)c1CCC(C)O. The van der Waals surface area contributed by atoms with E-state index in [9.17, 15) is 5.11 Å². The number of hydrogen-bond donors (Lipinski definition) is 1. The number of rotatable bonds is 3. The van der Waals surface area contributed by atoms with Crippen molar-refractivity contribution >= 4 is 0 Å². The molecular weight excluding hydrogens is 164 g/mol. The Bertz CT molecular complexity index is 289. The lowest BCUT2D eigenvalue weighted by molar-refractivity contribution is 0.185. The van der Waals surface area contributed by atoms with Gasteiger partial charge in [0.05, 0.1) is 11.8 Å². The topological polar surface area (TPSA) is 38.0 Å². The molecule has 1 atom stereocenters. The van der Waals surface area contributed by atoms with E-state index in [1.807, 2.05) is 25.6 Å². The molecule has 1 N–H and O–H groups in total. The number of aromatic nitrogens is 2. The summed E-state index contributed by atoms with van der Waals surface area (Å²) in [5.74, 6) is 0. The molecule has 0 saturated heterocycles. The molecule has 0 saturated carbocycles. The van der Waals surface area contributed by atoms with Crippen molar-refractivity contribution in [1.82, 2.24) is 9.78 Å². The molecular formula is C10H18N2O. The third kappa shape index (κ3) is 2.31. The van der Waals surface area contributed by atoms with Gasteiger partial charge in [-0.3, -0.25) is 4.68 Å². The maximum atomic E-state index is 9.18. The summed E-state index contributed by atoms with van der Waals surface area (Å²) in [5.41, 5.74) is 3.57. The monoisotopic (exact) mass is 182 g/mol. The zero-order valence-corrected chi connectivity index (χ0v) is 8.83. The first-order chi connectivity index (χ1) is 6.02. The minimum atomic E-state index is -0.223. The minimum Gasteiger partial charge on any atom is -0.393 e. The highest BCUT2D eigenvalue weighted by Gasteiger charge is 2.09. The van der Waals surface area contributed by atoms with E-state index in [1.54, 1.807) is 0 Å². The minimum absolute atomic E-state index is 0.223. The second-order valence-electron chi connectivity index (χ2n) is 3.66. The van der Waals surface area contributed by atoms with Crippen molar-refractivity contribution in [2.24, 2.45) is 7.05 Å². The van der Waals surface area contributed by atoms with Gasteiger partial charge in [0.15, 0.2) is 0 Å². The van der Waals surface area contributed by atoms with E-state index in [0.29, 0.717) is 0 Å². The fraction of sp³-hybridized carbons (Fsp3) is 0.700. The third-order valence-corrected chi connectivity index (χ3v) is 2.47. The first kappa shape index (κ1) is 10.3. The van der Waals surface area contributed by atoms with E-state index in [0.717, 1.165) is 18.5 Å². The third-order valence-electron chi connectivity index (χ3n) is 2.47. The summed E-state index contributed by atoms with van der Waals surface area (Å²) in [7, 11) is 1.95. The summed E-state index contributed by atoms with van der Waals surface area (Å²) < 4.78 is 1.90. The van der Waals surface area contributed by atoms with Crippen molar-refractivity contribution < 1.29 is 5.11 Å². The Kier molecular flexibility index (Phi) is 3.09. The molecule has 0 spiro atoms. The molecule has 0 aromatic carbocycles. The number of aryl methyl sites for hydroxylation is 2. The number of hydrogen-bond acceptors (Lipinski definition) is 2. The first-order valence-corrected chi connectivity index (χ1v) is 4.69. The summed E-state index contributed by atoms with van der Waals surface area (Å²) in [6.07, 6.45) is 1.51. The van der Waals surface area contributed by atoms with Crippen molar-refractivity contribution in [3.8, 4) is 0 Å². The Morgan fingerprint density at radius 2 is 2.08 bits per heavy atom. The maximum absolute atomic E-state index is 9.18. The molecule has 74 valence electrons.